The second-order valence-electron chi connectivity index (χ2n) is 6.65. The van der Waals surface area contributed by atoms with Crippen molar-refractivity contribution in [2.45, 2.75) is 59.5 Å². The van der Waals surface area contributed by atoms with Gasteiger partial charge in [0.25, 0.3) is 0 Å². The summed E-state index contributed by atoms with van der Waals surface area (Å²) in [6, 6.07) is 1.18. The predicted molar refractivity (Wildman–Crippen MR) is 82.6 cm³/mol. The van der Waals surface area contributed by atoms with Crippen molar-refractivity contribution in [1.82, 2.24) is 10.2 Å². The minimum Gasteiger partial charge on any atom is -0.380 e. The summed E-state index contributed by atoms with van der Waals surface area (Å²) in [6.07, 6.45) is 2.56. The summed E-state index contributed by atoms with van der Waals surface area (Å²) in [5, 5.41) is 3.81. The summed E-state index contributed by atoms with van der Waals surface area (Å²) >= 11 is 0. The van der Waals surface area contributed by atoms with Crippen molar-refractivity contribution in [2.24, 2.45) is 11.8 Å². The lowest BCUT2D eigenvalue weighted by Gasteiger charge is -2.36. The SMILES string of the molecule is CCOCC(NC1CCN(CC(C)C)CC1)C(C)C. The third kappa shape index (κ3) is 6.73. The summed E-state index contributed by atoms with van der Waals surface area (Å²) < 4.78 is 5.60. The molecular formula is C16H34N2O. The summed E-state index contributed by atoms with van der Waals surface area (Å²) in [5.41, 5.74) is 0. The number of piperidine rings is 1. The van der Waals surface area contributed by atoms with E-state index in [4.69, 9.17) is 4.74 Å². The van der Waals surface area contributed by atoms with E-state index in [-0.39, 0.29) is 0 Å². The van der Waals surface area contributed by atoms with Crippen LogP contribution in [0.4, 0.5) is 0 Å². The van der Waals surface area contributed by atoms with Crippen molar-refractivity contribution in [3.8, 4) is 0 Å². The standard InChI is InChI=1S/C16H34N2O/c1-6-19-12-16(14(4)5)17-15-7-9-18(10-8-15)11-13(2)3/h13-17H,6-12H2,1-5H3. The smallest absolute Gasteiger partial charge is 0.0622 e. The fourth-order valence-corrected chi connectivity index (χ4v) is 2.78. The Morgan fingerprint density at radius 1 is 1.16 bits per heavy atom. The molecule has 0 amide bonds. The van der Waals surface area contributed by atoms with Gasteiger partial charge < -0.3 is 15.0 Å². The number of hydrogen-bond acceptors (Lipinski definition) is 3. The van der Waals surface area contributed by atoms with Crippen LogP contribution in [0.2, 0.25) is 0 Å². The molecule has 1 aliphatic rings. The second-order valence-corrected chi connectivity index (χ2v) is 6.65. The lowest BCUT2D eigenvalue weighted by Crippen LogP contribution is -2.49. The first-order valence-electron chi connectivity index (χ1n) is 8.09. The molecule has 0 saturated carbocycles. The van der Waals surface area contributed by atoms with E-state index in [9.17, 15) is 0 Å². The molecule has 1 unspecified atom stereocenters. The van der Waals surface area contributed by atoms with Crippen LogP contribution >= 0.6 is 0 Å². The number of nitrogens with zero attached hydrogens (tertiary/aromatic N) is 1. The fourth-order valence-electron chi connectivity index (χ4n) is 2.78. The van der Waals surface area contributed by atoms with E-state index < -0.39 is 0 Å². The Morgan fingerprint density at radius 2 is 1.79 bits per heavy atom. The molecule has 1 N–H and O–H groups in total. The second kappa shape index (κ2) is 8.93. The van der Waals surface area contributed by atoms with Gasteiger partial charge in [0.2, 0.25) is 0 Å². The molecular weight excluding hydrogens is 236 g/mol. The average Bonchev–Trinajstić information content (AvgIpc) is 2.35. The molecule has 1 fully saturated rings. The van der Waals surface area contributed by atoms with Gasteiger partial charge in [-0.25, -0.2) is 0 Å². The maximum Gasteiger partial charge on any atom is 0.0622 e. The van der Waals surface area contributed by atoms with Crippen LogP contribution < -0.4 is 5.32 Å². The zero-order valence-corrected chi connectivity index (χ0v) is 13.6. The van der Waals surface area contributed by atoms with Crippen LogP contribution in [0.25, 0.3) is 0 Å². The van der Waals surface area contributed by atoms with Crippen molar-refractivity contribution in [3.05, 3.63) is 0 Å². The summed E-state index contributed by atoms with van der Waals surface area (Å²) in [7, 11) is 0. The fraction of sp³-hybridized carbons (Fsp3) is 1.00. The van der Waals surface area contributed by atoms with Crippen molar-refractivity contribution in [3.63, 3.8) is 0 Å². The van der Waals surface area contributed by atoms with Gasteiger partial charge in [-0.3, -0.25) is 0 Å². The summed E-state index contributed by atoms with van der Waals surface area (Å²) in [6.45, 7) is 16.7. The summed E-state index contributed by atoms with van der Waals surface area (Å²) in [5.74, 6) is 1.42. The highest BCUT2D eigenvalue weighted by molar-refractivity contribution is 4.82. The maximum atomic E-state index is 5.60. The van der Waals surface area contributed by atoms with Crippen LogP contribution in [0.5, 0.6) is 0 Å². The van der Waals surface area contributed by atoms with E-state index in [2.05, 4.69) is 44.8 Å². The zero-order valence-electron chi connectivity index (χ0n) is 13.6. The molecule has 0 bridgehead atoms. The van der Waals surface area contributed by atoms with E-state index in [1.807, 2.05) is 0 Å². The maximum absolute atomic E-state index is 5.60. The third-order valence-corrected chi connectivity index (χ3v) is 3.97. The van der Waals surface area contributed by atoms with Gasteiger partial charge in [0.15, 0.2) is 0 Å². The molecule has 3 heteroatoms. The largest absolute Gasteiger partial charge is 0.380 e. The van der Waals surface area contributed by atoms with Crippen molar-refractivity contribution in [1.29, 1.82) is 0 Å². The highest BCUT2D eigenvalue weighted by Gasteiger charge is 2.23. The highest BCUT2D eigenvalue weighted by atomic mass is 16.5. The van der Waals surface area contributed by atoms with Crippen molar-refractivity contribution < 1.29 is 4.74 Å². The Kier molecular flexibility index (Phi) is 7.96. The van der Waals surface area contributed by atoms with Crippen LogP contribution in [0.15, 0.2) is 0 Å². The van der Waals surface area contributed by atoms with E-state index >= 15 is 0 Å². The minimum atomic E-state index is 0.501. The molecule has 0 aromatic rings. The normalized spacial score (nSPS) is 20.4. The Morgan fingerprint density at radius 3 is 2.26 bits per heavy atom. The quantitative estimate of drug-likeness (QED) is 0.734. The molecule has 0 spiro atoms. The first-order valence-corrected chi connectivity index (χ1v) is 8.09. The van der Waals surface area contributed by atoms with Crippen molar-refractivity contribution in [2.75, 3.05) is 32.8 Å². The number of hydrogen-bond donors (Lipinski definition) is 1. The highest BCUT2D eigenvalue weighted by Crippen LogP contribution is 2.14. The van der Waals surface area contributed by atoms with Gasteiger partial charge in [0.1, 0.15) is 0 Å². The number of likely N-dealkylation sites (tertiary alicyclic amines) is 1. The van der Waals surface area contributed by atoms with Gasteiger partial charge in [-0.2, -0.15) is 0 Å². The molecule has 1 atom stereocenters. The molecule has 1 rings (SSSR count). The zero-order chi connectivity index (χ0) is 14.3. The topological polar surface area (TPSA) is 24.5 Å². The van der Waals surface area contributed by atoms with Crippen LogP contribution in [0.3, 0.4) is 0 Å². The number of rotatable bonds is 8. The van der Waals surface area contributed by atoms with Gasteiger partial charge >= 0.3 is 0 Å². The van der Waals surface area contributed by atoms with E-state index in [1.165, 1.54) is 32.5 Å². The van der Waals surface area contributed by atoms with Crippen LogP contribution in [-0.4, -0.2) is 49.8 Å². The lowest BCUT2D eigenvalue weighted by molar-refractivity contribution is 0.0937. The molecule has 0 radical (unpaired) electrons. The monoisotopic (exact) mass is 270 g/mol. The Balaban J connectivity index is 2.29. The number of ether oxygens (including phenoxy) is 1. The summed E-state index contributed by atoms with van der Waals surface area (Å²) in [4.78, 5) is 2.61. The van der Waals surface area contributed by atoms with E-state index in [1.54, 1.807) is 0 Å². The van der Waals surface area contributed by atoms with Gasteiger partial charge in [-0.05, 0) is 44.7 Å². The average molecular weight is 270 g/mol. The molecule has 1 heterocycles. The van der Waals surface area contributed by atoms with Crippen LogP contribution in [0.1, 0.15) is 47.5 Å². The number of nitrogens with one attached hydrogen (secondary N) is 1. The van der Waals surface area contributed by atoms with Crippen molar-refractivity contribution >= 4 is 0 Å². The molecule has 114 valence electrons. The molecule has 1 aliphatic heterocycles. The van der Waals surface area contributed by atoms with Crippen LogP contribution in [0, 0.1) is 11.8 Å². The van der Waals surface area contributed by atoms with Gasteiger partial charge in [0.05, 0.1) is 6.61 Å². The molecule has 0 aliphatic carbocycles. The first kappa shape index (κ1) is 16.9. The first-order chi connectivity index (χ1) is 9.02. The third-order valence-electron chi connectivity index (χ3n) is 3.97. The van der Waals surface area contributed by atoms with E-state index in [0.717, 1.165) is 19.1 Å². The predicted octanol–water partition coefficient (Wildman–Crippen LogP) is 2.76. The Hall–Kier alpha value is -0.120. The molecule has 0 aromatic carbocycles. The minimum absolute atomic E-state index is 0.501. The van der Waals surface area contributed by atoms with E-state index in [0.29, 0.717) is 18.0 Å². The molecule has 1 saturated heterocycles. The van der Waals surface area contributed by atoms with Gasteiger partial charge in [0, 0.05) is 25.2 Å². The Bertz CT molecular complexity index is 223. The van der Waals surface area contributed by atoms with Crippen LogP contribution in [-0.2, 0) is 4.74 Å². The molecule has 3 nitrogen and oxygen atoms in total. The lowest BCUT2D eigenvalue weighted by atomic mass is 9.99. The van der Waals surface area contributed by atoms with Gasteiger partial charge in [-0.1, -0.05) is 27.7 Å². The molecule has 19 heavy (non-hydrogen) atoms. The van der Waals surface area contributed by atoms with Gasteiger partial charge in [-0.15, -0.1) is 0 Å². The molecule has 0 aromatic heterocycles. The Labute approximate surface area is 120 Å².